The quantitative estimate of drug-likeness (QED) is 0.200. The number of aromatic nitrogens is 2. The van der Waals surface area contributed by atoms with Gasteiger partial charge in [-0.15, -0.1) is 29.0 Å². The third-order valence-electron chi connectivity index (χ3n) is 8.36. The van der Waals surface area contributed by atoms with Gasteiger partial charge in [0.25, 0.3) is 0 Å². The number of imidazole rings is 1. The summed E-state index contributed by atoms with van der Waals surface area (Å²) in [6, 6.07) is 14.3. The van der Waals surface area contributed by atoms with Gasteiger partial charge in [-0.25, -0.2) is 0 Å². The van der Waals surface area contributed by atoms with Gasteiger partial charge in [-0.3, -0.25) is 4.98 Å². The zero-order chi connectivity index (χ0) is 23.6. The zero-order valence-corrected chi connectivity index (χ0v) is 23.7. The summed E-state index contributed by atoms with van der Waals surface area (Å²) < 4.78 is 14.9. The van der Waals surface area contributed by atoms with Crippen LogP contribution in [0.25, 0.3) is 27.5 Å². The van der Waals surface area contributed by atoms with E-state index in [0.717, 1.165) is 39.3 Å². The van der Waals surface area contributed by atoms with Crippen LogP contribution in [-0.4, -0.2) is 27.7 Å². The van der Waals surface area contributed by atoms with Gasteiger partial charge in [0.1, 0.15) is 0 Å². The monoisotopic (exact) mass is 632 g/mol. The molecule has 2 aliphatic rings. The van der Waals surface area contributed by atoms with E-state index >= 15 is 0 Å². The first-order valence-electron chi connectivity index (χ1n) is 12.0. The summed E-state index contributed by atoms with van der Waals surface area (Å²) in [6.07, 6.45) is 3.29. The maximum absolute atomic E-state index is 6.37. The number of rotatable bonds is 1. The molecule has 4 aromatic rings. The van der Waals surface area contributed by atoms with Crippen LogP contribution in [0.15, 0.2) is 36.5 Å². The molecule has 1 saturated heterocycles. The molecular formula is C28H32BIrN2O2-. The average molecular weight is 632 g/mol. The SMILES string of the molecule is CC1(C)CC(C)(C)c2cc3c(cc21)nc1c2[c-]ccc(B4OC(C)(C)C(C)(C)O4)c2ccn31.[Ir]. The van der Waals surface area contributed by atoms with Gasteiger partial charge in [-0.1, -0.05) is 39.2 Å². The fraction of sp³-hybridized carbons (Fsp3) is 0.464. The molecule has 0 amide bonds. The molecule has 0 saturated carbocycles. The van der Waals surface area contributed by atoms with Crippen molar-refractivity contribution in [3.05, 3.63) is 53.7 Å². The van der Waals surface area contributed by atoms with Gasteiger partial charge in [0.2, 0.25) is 0 Å². The molecule has 0 atom stereocenters. The van der Waals surface area contributed by atoms with E-state index in [2.05, 4.69) is 96.3 Å². The molecular weight excluding hydrogens is 599 g/mol. The van der Waals surface area contributed by atoms with Crippen molar-refractivity contribution in [1.82, 2.24) is 9.38 Å². The van der Waals surface area contributed by atoms with Crippen LogP contribution in [0, 0.1) is 6.07 Å². The second-order valence-corrected chi connectivity index (χ2v) is 12.3. The molecule has 3 heterocycles. The van der Waals surface area contributed by atoms with Gasteiger partial charge >= 0.3 is 7.12 Å². The van der Waals surface area contributed by atoms with Crippen molar-refractivity contribution in [2.45, 2.75) is 83.8 Å². The van der Waals surface area contributed by atoms with Crippen LogP contribution in [0.3, 0.4) is 0 Å². The Kier molecular flexibility index (Phi) is 5.06. The molecule has 34 heavy (non-hydrogen) atoms. The molecule has 0 spiro atoms. The maximum atomic E-state index is 6.37. The van der Waals surface area contributed by atoms with Crippen LogP contribution in [0.4, 0.5) is 0 Å². The van der Waals surface area contributed by atoms with Crippen molar-refractivity contribution in [3.63, 3.8) is 0 Å². The topological polar surface area (TPSA) is 35.8 Å². The van der Waals surface area contributed by atoms with Crippen molar-refractivity contribution >= 4 is 40.0 Å². The minimum Gasteiger partial charge on any atom is -0.400 e. The van der Waals surface area contributed by atoms with Crippen LogP contribution in [0.2, 0.25) is 0 Å². The van der Waals surface area contributed by atoms with Crippen molar-refractivity contribution < 1.29 is 29.4 Å². The van der Waals surface area contributed by atoms with E-state index in [0.29, 0.717) is 0 Å². The first-order chi connectivity index (χ1) is 15.3. The fourth-order valence-electron chi connectivity index (χ4n) is 6.10. The zero-order valence-electron chi connectivity index (χ0n) is 21.3. The van der Waals surface area contributed by atoms with E-state index in [1.807, 2.05) is 6.07 Å². The normalized spacial score (nSPS) is 21.8. The predicted molar refractivity (Wildman–Crippen MR) is 135 cm³/mol. The number of nitrogens with zero attached hydrogens (tertiary/aromatic N) is 2. The van der Waals surface area contributed by atoms with Crippen LogP contribution in [0.1, 0.15) is 72.9 Å². The second-order valence-electron chi connectivity index (χ2n) is 12.3. The molecule has 1 fully saturated rings. The molecule has 0 N–H and O–H groups in total. The molecule has 1 aliphatic carbocycles. The Labute approximate surface area is 215 Å². The van der Waals surface area contributed by atoms with Crippen molar-refractivity contribution in [2.75, 3.05) is 0 Å². The summed E-state index contributed by atoms with van der Waals surface area (Å²) in [5.41, 5.74) is 6.58. The van der Waals surface area contributed by atoms with Gasteiger partial charge < -0.3 is 13.7 Å². The largest absolute Gasteiger partial charge is 0.475 e. The number of hydrogen-bond acceptors (Lipinski definition) is 3. The summed E-state index contributed by atoms with van der Waals surface area (Å²) >= 11 is 0. The Morgan fingerprint density at radius 1 is 0.912 bits per heavy atom. The van der Waals surface area contributed by atoms with Crippen LogP contribution < -0.4 is 5.46 Å². The Morgan fingerprint density at radius 3 is 2.18 bits per heavy atom. The van der Waals surface area contributed by atoms with Crippen LogP contribution in [-0.2, 0) is 40.2 Å². The first kappa shape index (κ1) is 24.0. The average Bonchev–Trinajstić information content (AvgIpc) is 3.24. The molecule has 2 aromatic heterocycles. The molecule has 6 heteroatoms. The number of hydrogen-bond donors (Lipinski definition) is 0. The smallest absolute Gasteiger partial charge is 0.400 e. The molecule has 0 bridgehead atoms. The molecule has 6 rings (SSSR count). The molecule has 1 aliphatic heterocycles. The Bertz CT molecular complexity index is 1450. The van der Waals surface area contributed by atoms with E-state index < -0.39 is 7.12 Å². The Balaban J connectivity index is 0.00000241. The standard InChI is InChI=1S/C28H32BN2O2.Ir/c1-25(2)16-26(3,4)20-15-23-22(14-19(20)25)30-24-18-10-9-11-21(17(18)12-13-31(23)24)29-32-27(5,6)28(7,8)33-29;/h9,11-15H,16H2,1-8H3;/q-1;. The van der Waals surface area contributed by atoms with E-state index in [1.165, 1.54) is 11.1 Å². The van der Waals surface area contributed by atoms with E-state index in [9.17, 15) is 0 Å². The number of benzene rings is 2. The van der Waals surface area contributed by atoms with Gasteiger partial charge in [-0.2, -0.15) is 0 Å². The van der Waals surface area contributed by atoms with Crippen LogP contribution >= 0.6 is 0 Å². The van der Waals surface area contributed by atoms with Gasteiger partial charge in [0.05, 0.1) is 27.9 Å². The van der Waals surface area contributed by atoms with Crippen molar-refractivity contribution in [2.24, 2.45) is 0 Å². The molecule has 1 radical (unpaired) electrons. The molecule has 0 unspecified atom stereocenters. The summed E-state index contributed by atoms with van der Waals surface area (Å²) in [4.78, 5) is 5.11. The van der Waals surface area contributed by atoms with E-state index in [-0.39, 0.29) is 42.1 Å². The van der Waals surface area contributed by atoms with Gasteiger partial charge in [0, 0.05) is 20.1 Å². The Morgan fingerprint density at radius 2 is 1.53 bits per heavy atom. The molecule has 4 nitrogen and oxygen atoms in total. The van der Waals surface area contributed by atoms with E-state index in [1.54, 1.807) is 0 Å². The van der Waals surface area contributed by atoms with Gasteiger partial charge in [-0.05, 0) is 74.4 Å². The summed E-state index contributed by atoms with van der Waals surface area (Å²) in [6.45, 7) is 17.8. The van der Waals surface area contributed by atoms with E-state index in [4.69, 9.17) is 14.3 Å². The maximum Gasteiger partial charge on any atom is 0.475 e. The third-order valence-corrected chi connectivity index (χ3v) is 8.36. The van der Waals surface area contributed by atoms with Crippen molar-refractivity contribution in [3.8, 4) is 0 Å². The minimum absolute atomic E-state index is 0. The third kappa shape index (κ3) is 3.19. The summed E-state index contributed by atoms with van der Waals surface area (Å²) in [5.74, 6) is 0. The second kappa shape index (κ2) is 7.16. The fourth-order valence-corrected chi connectivity index (χ4v) is 6.10. The summed E-state index contributed by atoms with van der Waals surface area (Å²) in [7, 11) is -0.413. The minimum atomic E-state index is -0.413. The predicted octanol–water partition coefficient (Wildman–Crippen LogP) is 5.70. The van der Waals surface area contributed by atoms with Gasteiger partial charge in [0.15, 0.2) is 0 Å². The summed E-state index contributed by atoms with van der Waals surface area (Å²) in [5, 5.41) is 2.08. The van der Waals surface area contributed by atoms with Crippen LogP contribution in [0.5, 0.6) is 0 Å². The Hall–Kier alpha value is -1.72. The van der Waals surface area contributed by atoms with Crippen molar-refractivity contribution in [1.29, 1.82) is 0 Å². The number of fused-ring (bicyclic) bond motifs is 6. The molecule has 179 valence electrons. The molecule has 2 aromatic carbocycles. The first-order valence-corrected chi connectivity index (χ1v) is 12.0. The number of pyridine rings is 1.